The molecule has 1 heterocycles. The molecule has 86 valence electrons. The Kier molecular flexibility index (Phi) is 2.30. The van der Waals surface area contributed by atoms with E-state index in [0.29, 0.717) is 21.5 Å². The van der Waals surface area contributed by atoms with Crippen LogP contribution in [0, 0.1) is 5.92 Å². The van der Waals surface area contributed by atoms with Crippen LogP contribution in [-0.4, -0.2) is 24.5 Å². The third kappa shape index (κ3) is 1.35. The van der Waals surface area contributed by atoms with Crippen LogP contribution in [0.5, 0.6) is 0 Å². The maximum atomic E-state index is 6.10. The largest absolute Gasteiger partial charge is 0.302 e. The van der Waals surface area contributed by atoms with Crippen molar-refractivity contribution < 1.29 is 0 Å². The molecule has 1 aliphatic heterocycles. The van der Waals surface area contributed by atoms with Crippen molar-refractivity contribution in [1.29, 1.82) is 0 Å². The number of hydrogen-bond acceptors (Lipinski definition) is 1. The van der Waals surface area contributed by atoms with Crippen molar-refractivity contribution in [2.24, 2.45) is 5.92 Å². The molecule has 0 radical (unpaired) electrons. The van der Waals surface area contributed by atoms with Crippen LogP contribution in [0.1, 0.15) is 18.9 Å². The molecule has 3 heteroatoms. The third-order valence-corrected chi connectivity index (χ3v) is 5.18. The number of fused-ring (bicyclic) bond motifs is 1. The molecule has 3 atom stereocenters. The summed E-state index contributed by atoms with van der Waals surface area (Å²) >= 11 is 12.1. The molecule has 0 bridgehead atoms. The van der Waals surface area contributed by atoms with Crippen LogP contribution < -0.4 is 0 Å². The van der Waals surface area contributed by atoms with Gasteiger partial charge in [0.05, 0.1) is 10.0 Å². The van der Waals surface area contributed by atoms with Crippen molar-refractivity contribution in [2.45, 2.75) is 24.8 Å². The summed E-state index contributed by atoms with van der Waals surface area (Å²) < 4.78 is 0. The van der Waals surface area contributed by atoms with E-state index in [1.54, 1.807) is 0 Å². The van der Waals surface area contributed by atoms with Gasteiger partial charge in [-0.15, -0.1) is 0 Å². The van der Waals surface area contributed by atoms with Gasteiger partial charge in [-0.1, -0.05) is 29.3 Å². The van der Waals surface area contributed by atoms with Crippen molar-refractivity contribution in [3.63, 3.8) is 0 Å². The number of nitrogens with zero attached hydrogens (tertiary/aromatic N) is 1. The minimum absolute atomic E-state index is 0.363. The summed E-state index contributed by atoms with van der Waals surface area (Å²) in [7, 11) is 2.20. The van der Waals surface area contributed by atoms with E-state index >= 15 is 0 Å². The van der Waals surface area contributed by atoms with Gasteiger partial charge in [0.2, 0.25) is 0 Å². The van der Waals surface area contributed by atoms with Crippen molar-refractivity contribution in [1.82, 2.24) is 4.90 Å². The molecule has 1 aromatic rings. The summed E-state index contributed by atoms with van der Waals surface area (Å²) in [5, 5.41) is 1.33. The molecule has 1 unspecified atom stereocenters. The lowest BCUT2D eigenvalue weighted by atomic mass is 9.94. The van der Waals surface area contributed by atoms with Crippen LogP contribution in [0.4, 0.5) is 0 Å². The fourth-order valence-corrected chi connectivity index (χ4v) is 3.57. The minimum atomic E-state index is 0.363. The van der Waals surface area contributed by atoms with Crippen LogP contribution in [0.3, 0.4) is 0 Å². The van der Waals surface area contributed by atoms with Crippen molar-refractivity contribution in [3.8, 4) is 0 Å². The van der Waals surface area contributed by atoms with Gasteiger partial charge in [0.1, 0.15) is 0 Å². The van der Waals surface area contributed by atoms with E-state index in [1.807, 2.05) is 6.07 Å². The van der Waals surface area contributed by atoms with Crippen LogP contribution in [0.2, 0.25) is 10.0 Å². The van der Waals surface area contributed by atoms with Gasteiger partial charge in [-0.05, 0) is 44.0 Å². The lowest BCUT2D eigenvalue weighted by Gasteiger charge is -2.20. The zero-order valence-corrected chi connectivity index (χ0v) is 11.0. The highest BCUT2D eigenvalue weighted by molar-refractivity contribution is 6.42. The van der Waals surface area contributed by atoms with E-state index in [4.69, 9.17) is 23.2 Å². The number of likely N-dealkylation sites (tertiary alicyclic amines) is 1. The van der Waals surface area contributed by atoms with E-state index in [2.05, 4.69) is 31.0 Å². The molecular formula is C13H15Cl2N. The molecule has 3 rings (SSSR count). The van der Waals surface area contributed by atoms with Crippen LogP contribution in [0.15, 0.2) is 18.2 Å². The molecule has 0 aromatic heterocycles. The van der Waals surface area contributed by atoms with E-state index < -0.39 is 0 Å². The van der Waals surface area contributed by atoms with Gasteiger partial charge >= 0.3 is 0 Å². The molecule has 1 aromatic carbocycles. The van der Waals surface area contributed by atoms with E-state index in [9.17, 15) is 0 Å². The molecule has 0 spiro atoms. The predicted molar refractivity (Wildman–Crippen MR) is 68.3 cm³/mol. The zero-order valence-electron chi connectivity index (χ0n) is 9.50. The van der Waals surface area contributed by atoms with Crippen LogP contribution in [-0.2, 0) is 5.41 Å². The monoisotopic (exact) mass is 255 g/mol. The average Bonchev–Trinajstić information content (AvgIpc) is 2.90. The van der Waals surface area contributed by atoms with Gasteiger partial charge < -0.3 is 4.90 Å². The number of likely N-dealkylation sites (N-methyl/N-ethyl adjacent to an activating group) is 1. The molecule has 2 fully saturated rings. The summed E-state index contributed by atoms with van der Waals surface area (Å²) in [6.45, 7) is 3.47. The Morgan fingerprint density at radius 3 is 2.62 bits per heavy atom. The second kappa shape index (κ2) is 3.38. The Labute approximate surface area is 106 Å². The first-order chi connectivity index (χ1) is 7.54. The maximum Gasteiger partial charge on any atom is 0.0595 e. The number of piperidine rings is 1. The first-order valence-electron chi connectivity index (χ1n) is 5.70. The average molecular weight is 256 g/mol. The van der Waals surface area contributed by atoms with Gasteiger partial charge in [-0.3, -0.25) is 0 Å². The molecule has 0 amide bonds. The fraction of sp³-hybridized carbons (Fsp3) is 0.538. The van der Waals surface area contributed by atoms with Gasteiger partial charge in [0, 0.05) is 18.0 Å². The third-order valence-electron chi connectivity index (χ3n) is 4.44. The first kappa shape index (κ1) is 10.9. The predicted octanol–water partition coefficient (Wildman–Crippen LogP) is 3.59. The fourth-order valence-electron chi connectivity index (χ4n) is 3.27. The van der Waals surface area contributed by atoms with Gasteiger partial charge in [0.15, 0.2) is 0 Å². The molecule has 1 saturated carbocycles. The Bertz CT molecular complexity index is 446. The van der Waals surface area contributed by atoms with Gasteiger partial charge in [0.25, 0.3) is 0 Å². The molecule has 1 aliphatic carbocycles. The highest BCUT2D eigenvalue weighted by Crippen LogP contribution is 2.61. The summed E-state index contributed by atoms with van der Waals surface area (Å²) in [5.74, 6) is 0.801. The molecule has 1 saturated heterocycles. The van der Waals surface area contributed by atoms with Crippen molar-refractivity contribution >= 4 is 23.2 Å². The van der Waals surface area contributed by atoms with Crippen molar-refractivity contribution in [2.75, 3.05) is 13.6 Å². The lowest BCUT2D eigenvalue weighted by molar-refractivity contribution is 0.284. The van der Waals surface area contributed by atoms with E-state index in [0.717, 1.165) is 12.5 Å². The second-order valence-corrected chi connectivity index (χ2v) is 6.07. The first-order valence-corrected chi connectivity index (χ1v) is 6.46. The molecule has 2 aliphatic rings. The minimum Gasteiger partial charge on any atom is -0.302 e. The highest BCUT2D eigenvalue weighted by atomic mass is 35.5. The Balaban J connectivity index is 1.97. The Morgan fingerprint density at radius 2 is 2.06 bits per heavy atom. The second-order valence-electron chi connectivity index (χ2n) is 5.25. The molecule has 16 heavy (non-hydrogen) atoms. The topological polar surface area (TPSA) is 3.24 Å². The SMILES string of the molecule is C[C@H]1C2C[C@@]2(c2ccc(Cl)c(Cl)c2)CN1C. The molecule has 1 nitrogen and oxygen atoms in total. The molecular weight excluding hydrogens is 241 g/mol. The summed E-state index contributed by atoms with van der Waals surface area (Å²) in [6.07, 6.45) is 1.30. The normalized spacial score (nSPS) is 37.5. The summed E-state index contributed by atoms with van der Waals surface area (Å²) in [5.41, 5.74) is 1.73. The summed E-state index contributed by atoms with van der Waals surface area (Å²) in [4.78, 5) is 2.44. The van der Waals surface area contributed by atoms with E-state index in [-0.39, 0.29) is 0 Å². The Hall–Kier alpha value is -0.240. The highest BCUT2D eigenvalue weighted by Gasteiger charge is 2.63. The number of halogens is 2. The number of rotatable bonds is 1. The summed E-state index contributed by atoms with van der Waals surface area (Å²) in [6, 6.07) is 6.80. The zero-order chi connectivity index (χ0) is 11.5. The number of benzene rings is 1. The quantitative estimate of drug-likeness (QED) is 0.742. The van der Waals surface area contributed by atoms with Crippen molar-refractivity contribution in [3.05, 3.63) is 33.8 Å². The van der Waals surface area contributed by atoms with Gasteiger partial charge in [-0.2, -0.15) is 0 Å². The Morgan fingerprint density at radius 1 is 1.31 bits per heavy atom. The smallest absolute Gasteiger partial charge is 0.0595 e. The molecule has 0 N–H and O–H groups in total. The maximum absolute atomic E-state index is 6.10. The van der Waals surface area contributed by atoms with Gasteiger partial charge in [-0.25, -0.2) is 0 Å². The number of hydrogen-bond donors (Lipinski definition) is 0. The lowest BCUT2D eigenvalue weighted by Crippen LogP contribution is -2.27. The van der Waals surface area contributed by atoms with E-state index in [1.165, 1.54) is 12.0 Å². The van der Waals surface area contributed by atoms with Crippen LogP contribution in [0.25, 0.3) is 0 Å². The van der Waals surface area contributed by atoms with Crippen LogP contribution >= 0.6 is 23.2 Å². The standard InChI is InChI=1S/C13H15Cl2N/c1-8-10-6-13(10,7-16(8)2)9-3-4-11(14)12(15)5-9/h3-5,8,10H,6-7H2,1-2H3/t8-,10?,13-/m0/s1.